The Morgan fingerprint density at radius 2 is 1.90 bits per heavy atom. The maximum atomic E-state index is 12.0. The molecule has 1 fully saturated rings. The zero-order chi connectivity index (χ0) is 15.5. The summed E-state index contributed by atoms with van der Waals surface area (Å²) >= 11 is 0. The van der Waals surface area contributed by atoms with E-state index in [1.54, 1.807) is 4.72 Å². The molecule has 9 heteroatoms. The summed E-state index contributed by atoms with van der Waals surface area (Å²) in [4.78, 5) is 21.0. The van der Waals surface area contributed by atoms with Gasteiger partial charge in [-0.1, -0.05) is 12.1 Å². The fraction of sp³-hybridized carbons (Fsp3) is 0.417. The number of para-hydroxylation sites is 1. The quantitative estimate of drug-likeness (QED) is 0.670. The molecule has 1 saturated carbocycles. The Labute approximate surface area is 121 Å². The van der Waals surface area contributed by atoms with Gasteiger partial charge in [-0.25, -0.2) is 17.9 Å². The number of nitro groups is 1. The van der Waals surface area contributed by atoms with Crippen LogP contribution in [0.5, 0.6) is 0 Å². The van der Waals surface area contributed by atoms with Gasteiger partial charge in [0.15, 0.2) is 4.90 Å². The highest BCUT2D eigenvalue weighted by Crippen LogP contribution is 2.24. The fourth-order valence-electron chi connectivity index (χ4n) is 2.18. The van der Waals surface area contributed by atoms with E-state index in [4.69, 9.17) is 4.74 Å². The van der Waals surface area contributed by atoms with Crippen LogP contribution in [0.3, 0.4) is 0 Å². The van der Waals surface area contributed by atoms with Crippen molar-refractivity contribution in [3.05, 3.63) is 34.4 Å². The molecule has 2 rings (SSSR count). The fourth-order valence-corrected chi connectivity index (χ4v) is 3.23. The number of carbonyl (C=O) groups excluding carboxylic acids is 1. The molecule has 0 aliphatic heterocycles. The first-order valence-electron chi connectivity index (χ1n) is 6.37. The average molecular weight is 314 g/mol. The zero-order valence-electron chi connectivity index (χ0n) is 11.0. The standard InChI is InChI=1S/C12H14N2O6S/c15-12(20-9-5-1-2-6-9)13-21(18,19)11-8-4-3-7-10(11)14(16)17/h3-4,7-9H,1-2,5-6H2,(H,13,15). The van der Waals surface area contributed by atoms with Crippen molar-refractivity contribution in [2.45, 2.75) is 36.7 Å². The maximum Gasteiger partial charge on any atom is 0.421 e. The molecule has 1 aliphatic carbocycles. The molecule has 0 bridgehead atoms. The number of amides is 1. The number of nitrogens with one attached hydrogen (secondary N) is 1. The molecule has 1 aromatic carbocycles. The molecular weight excluding hydrogens is 300 g/mol. The molecule has 21 heavy (non-hydrogen) atoms. The molecule has 1 N–H and O–H groups in total. The summed E-state index contributed by atoms with van der Waals surface area (Å²) in [5, 5.41) is 10.8. The van der Waals surface area contributed by atoms with Gasteiger partial charge in [-0.15, -0.1) is 0 Å². The highest BCUT2D eigenvalue weighted by Gasteiger charge is 2.28. The molecule has 0 saturated heterocycles. The van der Waals surface area contributed by atoms with Crippen LogP contribution in [0.4, 0.5) is 10.5 Å². The average Bonchev–Trinajstić information content (AvgIpc) is 2.90. The molecule has 8 nitrogen and oxygen atoms in total. The smallest absolute Gasteiger partial charge is 0.421 e. The van der Waals surface area contributed by atoms with Gasteiger partial charge >= 0.3 is 6.09 Å². The van der Waals surface area contributed by atoms with Crippen LogP contribution < -0.4 is 4.72 Å². The number of hydrogen-bond acceptors (Lipinski definition) is 6. The second kappa shape index (κ2) is 6.08. The molecular formula is C12H14N2O6S. The van der Waals surface area contributed by atoms with Crippen LogP contribution in [-0.4, -0.2) is 25.5 Å². The first kappa shape index (κ1) is 15.2. The number of hydrogen-bond donors (Lipinski definition) is 1. The Morgan fingerprint density at radius 3 is 2.52 bits per heavy atom. The summed E-state index contributed by atoms with van der Waals surface area (Å²) < 4.78 is 30.7. The van der Waals surface area contributed by atoms with Gasteiger partial charge in [0.2, 0.25) is 0 Å². The van der Waals surface area contributed by atoms with E-state index in [-0.39, 0.29) is 6.10 Å². The first-order chi connectivity index (χ1) is 9.90. The Bertz CT molecular complexity index is 651. The highest BCUT2D eigenvalue weighted by molar-refractivity contribution is 7.90. The summed E-state index contributed by atoms with van der Waals surface area (Å²) in [7, 11) is -4.34. The summed E-state index contributed by atoms with van der Waals surface area (Å²) in [5.41, 5.74) is -0.598. The van der Waals surface area contributed by atoms with Crippen molar-refractivity contribution in [1.82, 2.24) is 4.72 Å². The summed E-state index contributed by atoms with van der Waals surface area (Å²) in [6.45, 7) is 0. The first-order valence-corrected chi connectivity index (χ1v) is 7.85. The SMILES string of the molecule is O=C(NS(=O)(=O)c1ccccc1[N+](=O)[O-])OC1CCCC1. The van der Waals surface area contributed by atoms with Gasteiger partial charge < -0.3 is 4.74 Å². The van der Waals surface area contributed by atoms with E-state index in [0.717, 1.165) is 25.0 Å². The van der Waals surface area contributed by atoms with E-state index >= 15 is 0 Å². The van der Waals surface area contributed by atoms with E-state index in [2.05, 4.69) is 0 Å². The largest absolute Gasteiger partial charge is 0.446 e. The molecule has 0 atom stereocenters. The molecule has 114 valence electrons. The Hall–Kier alpha value is -2.16. The molecule has 0 aromatic heterocycles. The highest BCUT2D eigenvalue weighted by atomic mass is 32.2. The van der Waals surface area contributed by atoms with Gasteiger partial charge in [-0.05, 0) is 31.7 Å². The normalized spacial score (nSPS) is 15.6. The van der Waals surface area contributed by atoms with Crippen molar-refractivity contribution in [1.29, 1.82) is 0 Å². The van der Waals surface area contributed by atoms with Gasteiger partial charge in [0.05, 0.1) is 4.92 Å². The van der Waals surface area contributed by atoms with Gasteiger partial charge in [0, 0.05) is 6.07 Å². The minimum absolute atomic E-state index is 0.300. The third kappa shape index (κ3) is 3.69. The predicted octanol–water partition coefficient (Wildman–Crippen LogP) is 1.95. The molecule has 1 aromatic rings. The lowest BCUT2D eigenvalue weighted by Gasteiger charge is -2.12. The Balaban J connectivity index is 2.14. The molecule has 0 spiro atoms. The summed E-state index contributed by atoms with van der Waals surface area (Å²) in [6.07, 6.45) is 1.83. The third-order valence-electron chi connectivity index (χ3n) is 3.15. The number of carbonyl (C=O) groups is 1. The van der Waals surface area contributed by atoms with Crippen molar-refractivity contribution in [2.75, 3.05) is 0 Å². The zero-order valence-corrected chi connectivity index (χ0v) is 11.8. The number of nitro benzene ring substituents is 1. The van der Waals surface area contributed by atoms with Gasteiger partial charge in [0.1, 0.15) is 6.10 Å². The third-order valence-corrected chi connectivity index (χ3v) is 4.50. The van der Waals surface area contributed by atoms with Crippen molar-refractivity contribution < 1.29 is 22.9 Å². The monoisotopic (exact) mass is 314 g/mol. The second-order valence-electron chi connectivity index (χ2n) is 4.64. The van der Waals surface area contributed by atoms with Crippen LogP contribution >= 0.6 is 0 Å². The van der Waals surface area contributed by atoms with Crippen LogP contribution in [-0.2, 0) is 14.8 Å². The van der Waals surface area contributed by atoms with E-state index in [9.17, 15) is 23.3 Å². The van der Waals surface area contributed by atoms with Gasteiger partial charge in [-0.2, -0.15) is 0 Å². The van der Waals surface area contributed by atoms with Crippen molar-refractivity contribution in [2.24, 2.45) is 0 Å². The number of ether oxygens (including phenoxy) is 1. The van der Waals surface area contributed by atoms with Gasteiger partial charge in [-0.3, -0.25) is 10.1 Å². The minimum atomic E-state index is -4.34. The van der Waals surface area contributed by atoms with Gasteiger partial charge in [0.25, 0.3) is 15.7 Å². The van der Waals surface area contributed by atoms with Crippen molar-refractivity contribution >= 4 is 21.8 Å². The lowest BCUT2D eigenvalue weighted by molar-refractivity contribution is -0.387. The van der Waals surface area contributed by atoms with Crippen LogP contribution in [0.1, 0.15) is 25.7 Å². The van der Waals surface area contributed by atoms with Crippen LogP contribution in [0.2, 0.25) is 0 Å². The Kier molecular flexibility index (Phi) is 4.41. The Morgan fingerprint density at radius 1 is 1.29 bits per heavy atom. The van der Waals surface area contributed by atoms with E-state index in [0.29, 0.717) is 12.8 Å². The lowest BCUT2D eigenvalue weighted by atomic mass is 10.3. The maximum absolute atomic E-state index is 12.0. The summed E-state index contributed by atoms with van der Waals surface area (Å²) in [5.74, 6) is 0. The van der Waals surface area contributed by atoms with Crippen LogP contribution in [0.15, 0.2) is 29.2 Å². The van der Waals surface area contributed by atoms with Crippen LogP contribution in [0.25, 0.3) is 0 Å². The topological polar surface area (TPSA) is 116 Å². The molecule has 1 aliphatic rings. The van der Waals surface area contributed by atoms with Crippen LogP contribution in [0, 0.1) is 10.1 Å². The molecule has 0 unspecified atom stereocenters. The number of rotatable bonds is 4. The van der Waals surface area contributed by atoms with Crippen molar-refractivity contribution in [3.8, 4) is 0 Å². The van der Waals surface area contributed by atoms with E-state index < -0.39 is 31.6 Å². The number of sulfonamides is 1. The molecule has 1 amide bonds. The van der Waals surface area contributed by atoms with E-state index in [1.165, 1.54) is 12.1 Å². The second-order valence-corrected chi connectivity index (χ2v) is 6.29. The molecule has 0 radical (unpaired) electrons. The summed E-state index contributed by atoms with van der Waals surface area (Å²) in [6, 6.07) is 4.79. The number of nitrogens with zero attached hydrogens (tertiary/aromatic N) is 1. The lowest BCUT2D eigenvalue weighted by Crippen LogP contribution is -2.33. The van der Waals surface area contributed by atoms with E-state index in [1.807, 2.05) is 0 Å². The molecule has 0 heterocycles. The predicted molar refractivity (Wildman–Crippen MR) is 72.2 cm³/mol. The van der Waals surface area contributed by atoms with Crippen molar-refractivity contribution in [3.63, 3.8) is 0 Å². The number of benzene rings is 1. The minimum Gasteiger partial charge on any atom is -0.446 e.